The van der Waals surface area contributed by atoms with Crippen LogP contribution in [0.1, 0.15) is 13.8 Å². The lowest BCUT2D eigenvalue weighted by molar-refractivity contribution is 0.621. The summed E-state index contributed by atoms with van der Waals surface area (Å²) in [5.41, 5.74) is 0.745. The predicted molar refractivity (Wildman–Crippen MR) is 64.8 cm³/mol. The van der Waals surface area contributed by atoms with Crippen LogP contribution in [0.5, 0.6) is 0 Å². The van der Waals surface area contributed by atoms with E-state index < -0.39 is 0 Å². The molecule has 0 saturated carbocycles. The minimum atomic E-state index is -0.0518. The van der Waals surface area contributed by atoms with Crippen molar-refractivity contribution in [2.45, 2.75) is 25.4 Å². The van der Waals surface area contributed by atoms with Crippen LogP contribution in [-0.4, -0.2) is 25.3 Å². The normalized spacial score (nSPS) is 11.2. The van der Waals surface area contributed by atoms with E-state index in [1.54, 1.807) is 22.6 Å². The second kappa shape index (κ2) is 4.29. The highest BCUT2D eigenvalue weighted by Gasteiger charge is 2.14. The second-order valence-corrected chi connectivity index (χ2v) is 4.64. The quantitative estimate of drug-likeness (QED) is 0.755. The molecule has 2 aromatic heterocycles. The maximum absolute atomic E-state index is 12.1. The van der Waals surface area contributed by atoms with Crippen LogP contribution in [0, 0.1) is 0 Å². The molecule has 0 saturated heterocycles. The minimum absolute atomic E-state index is 0.0518. The Morgan fingerprint density at radius 3 is 2.81 bits per heavy atom. The smallest absolute Gasteiger partial charge is 0.267 e. The van der Waals surface area contributed by atoms with Crippen molar-refractivity contribution in [2.75, 3.05) is 5.75 Å². The lowest BCUT2D eigenvalue weighted by Crippen LogP contribution is -2.21. The summed E-state index contributed by atoms with van der Waals surface area (Å²) in [7, 11) is 1.83. The lowest BCUT2D eigenvalue weighted by atomic mass is 10.4. The first-order chi connectivity index (χ1) is 7.69. The van der Waals surface area contributed by atoms with Gasteiger partial charge in [0.25, 0.3) is 5.56 Å². The van der Waals surface area contributed by atoms with Crippen molar-refractivity contribution < 1.29 is 0 Å². The van der Waals surface area contributed by atoms with Gasteiger partial charge < -0.3 is 0 Å². The van der Waals surface area contributed by atoms with E-state index in [4.69, 9.17) is 0 Å². The van der Waals surface area contributed by atoms with Crippen molar-refractivity contribution in [3.05, 3.63) is 16.6 Å². The van der Waals surface area contributed by atoms with Gasteiger partial charge in [-0.3, -0.25) is 9.48 Å². The van der Waals surface area contributed by atoms with Crippen molar-refractivity contribution in [1.29, 1.82) is 0 Å². The highest BCUT2D eigenvalue weighted by atomic mass is 32.2. The summed E-state index contributed by atoms with van der Waals surface area (Å²) in [4.78, 5) is 12.1. The Morgan fingerprint density at radius 2 is 2.19 bits per heavy atom. The molecule has 86 valence electrons. The molecule has 0 amide bonds. The molecule has 0 fully saturated rings. The van der Waals surface area contributed by atoms with Crippen molar-refractivity contribution in [1.82, 2.24) is 19.6 Å². The molecule has 5 nitrogen and oxygen atoms in total. The number of rotatable bonds is 3. The summed E-state index contributed by atoms with van der Waals surface area (Å²) in [5, 5.41) is 9.92. The van der Waals surface area contributed by atoms with E-state index in [-0.39, 0.29) is 5.56 Å². The summed E-state index contributed by atoms with van der Waals surface area (Å²) in [6, 6.07) is 0. The summed E-state index contributed by atoms with van der Waals surface area (Å²) >= 11 is 1.59. The Kier molecular flexibility index (Phi) is 3.00. The Morgan fingerprint density at radius 1 is 1.44 bits per heavy atom. The maximum atomic E-state index is 12.1. The molecule has 2 rings (SSSR count). The van der Waals surface area contributed by atoms with Crippen LogP contribution in [0.3, 0.4) is 0 Å². The zero-order chi connectivity index (χ0) is 11.7. The molecule has 0 atom stereocenters. The van der Waals surface area contributed by atoms with Crippen LogP contribution in [0.15, 0.2) is 16.0 Å². The van der Waals surface area contributed by atoms with E-state index >= 15 is 0 Å². The molecule has 2 heterocycles. The summed E-state index contributed by atoms with van der Waals surface area (Å²) in [5.74, 6) is 0.903. The third-order valence-electron chi connectivity index (χ3n) is 2.41. The number of hydrogen-bond acceptors (Lipinski definition) is 4. The number of aryl methyl sites for hydroxylation is 2. The number of thioether (sulfide) groups is 1. The molecule has 0 unspecified atom stereocenters. The van der Waals surface area contributed by atoms with Crippen LogP contribution in [0.25, 0.3) is 10.9 Å². The first kappa shape index (κ1) is 11.2. The molecule has 0 aliphatic rings. The zero-order valence-corrected chi connectivity index (χ0v) is 10.4. The Labute approximate surface area is 97.4 Å². The standard InChI is InChI=1S/C10H14N4OS/c1-4-14-10(15)8-7(6-11-14)13(3)12-9(8)16-5-2/h6H,4-5H2,1-3H3. The van der Waals surface area contributed by atoms with Crippen LogP contribution in [-0.2, 0) is 13.6 Å². The molecule has 6 heteroatoms. The fourth-order valence-electron chi connectivity index (χ4n) is 1.63. The van der Waals surface area contributed by atoms with Crippen LogP contribution in [0.4, 0.5) is 0 Å². The van der Waals surface area contributed by atoms with Crippen molar-refractivity contribution >= 4 is 22.7 Å². The third kappa shape index (κ3) is 1.63. The zero-order valence-electron chi connectivity index (χ0n) is 9.60. The second-order valence-electron chi connectivity index (χ2n) is 3.39. The summed E-state index contributed by atoms with van der Waals surface area (Å²) < 4.78 is 3.17. The monoisotopic (exact) mass is 238 g/mol. The molecule has 2 aromatic rings. The predicted octanol–water partition coefficient (Wildman–Crippen LogP) is 1.26. The molecule has 0 aliphatic heterocycles. The van der Waals surface area contributed by atoms with E-state index in [9.17, 15) is 4.79 Å². The average molecular weight is 238 g/mol. The highest BCUT2D eigenvalue weighted by molar-refractivity contribution is 7.99. The van der Waals surface area contributed by atoms with Crippen LogP contribution >= 0.6 is 11.8 Å². The van der Waals surface area contributed by atoms with Gasteiger partial charge in [0, 0.05) is 13.6 Å². The highest BCUT2D eigenvalue weighted by Crippen LogP contribution is 2.22. The average Bonchev–Trinajstić information content (AvgIpc) is 2.58. The third-order valence-corrected chi connectivity index (χ3v) is 3.26. The molecule has 0 aromatic carbocycles. The topological polar surface area (TPSA) is 52.7 Å². The van der Waals surface area contributed by atoms with E-state index in [0.29, 0.717) is 11.9 Å². The van der Waals surface area contributed by atoms with Gasteiger partial charge in [-0.1, -0.05) is 6.92 Å². The molecule has 0 bridgehead atoms. The molecule has 0 radical (unpaired) electrons. The fourth-order valence-corrected chi connectivity index (χ4v) is 2.42. The van der Waals surface area contributed by atoms with Crippen LogP contribution < -0.4 is 5.56 Å². The molecular formula is C10H14N4OS. The van der Waals surface area contributed by atoms with Gasteiger partial charge in [0.1, 0.15) is 10.4 Å². The van der Waals surface area contributed by atoms with Crippen molar-refractivity contribution in [2.24, 2.45) is 7.05 Å². The number of nitrogens with zero attached hydrogens (tertiary/aromatic N) is 4. The Balaban J connectivity index is 2.78. The van der Waals surface area contributed by atoms with E-state index in [1.165, 1.54) is 4.68 Å². The first-order valence-corrected chi connectivity index (χ1v) is 6.23. The Bertz CT molecular complexity index is 572. The van der Waals surface area contributed by atoms with E-state index in [2.05, 4.69) is 10.2 Å². The summed E-state index contributed by atoms with van der Waals surface area (Å²) in [6.07, 6.45) is 1.70. The molecule has 0 N–H and O–H groups in total. The molecule has 0 aliphatic carbocycles. The van der Waals surface area contributed by atoms with Crippen molar-refractivity contribution in [3.63, 3.8) is 0 Å². The SMILES string of the molecule is CCSc1nn(C)c2cnn(CC)c(=O)c12. The first-order valence-electron chi connectivity index (χ1n) is 5.24. The molecular weight excluding hydrogens is 224 g/mol. The largest absolute Gasteiger partial charge is 0.279 e. The van der Waals surface area contributed by atoms with E-state index in [1.807, 2.05) is 20.9 Å². The van der Waals surface area contributed by atoms with Gasteiger partial charge in [-0.05, 0) is 12.7 Å². The number of fused-ring (bicyclic) bond motifs is 1. The van der Waals surface area contributed by atoms with Gasteiger partial charge in [0.15, 0.2) is 0 Å². The number of aromatic nitrogens is 4. The van der Waals surface area contributed by atoms with Gasteiger partial charge in [0.05, 0.1) is 11.7 Å². The van der Waals surface area contributed by atoms with Crippen LogP contribution in [0.2, 0.25) is 0 Å². The van der Waals surface area contributed by atoms with E-state index in [0.717, 1.165) is 16.3 Å². The maximum Gasteiger partial charge on any atom is 0.279 e. The minimum Gasteiger partial charge on any atom is -0.267 e. The number of hydrogen-bond donors (Lipinski definition) is 0. The fraction of sp³-hybridized carbons (Fsp3) is 0.500. The van der Waals surface area contributed by atoms with Gasteiger partial charge in [0.2, 0.25) is 0 Å². The Hall–Kier alpha value is -1.30. The van der Waals surface area contributed by atoms with Gasteiger partial charge >= 0.3 is 0 Å². The molecule has 16 heavy (non-hydrogen) atoms. The molecule has 0 spiro atoms. The van der Waals surface area contributed by atoms with Gasteiger partial charge in [-0.15, -0.1) is 11.8 Å². The lowest BCUT2D eigenvalue weighted by Gasteiger charge is -2.00. The van der Waals surface area contributed by atoms with Gasteiger partial charge in [-0.2, -0.15) is 10.2 Å². The summed E-state index contributed by atoms with van der Waals surface area (Å²) in [6.45, 7) is 4.54. The van der Waals surface area contributed by atoms with Crippen molar-refractivity contribution in [3.8, 4) is 0 Å². The van der Waals surface area contributed by atoms with Gasteiger partial charge in [-0.25, -0.2) is 4.68 Å².